The number of nitrogens with one attached hydrogen (secondary N) is 2. The summed E-state index contributed by atoms with van der Waals surface area (Å²) in [6.45, 7) is 2.81. The summed E-state index contributed by atoms with van der Waals surface area (Å²) in [4.78, 5) is 12.9. The molecular formula is C23H28ClN3O3S. The molecule has 1 aliphatic carbocycles. The van der Waals surface area contributed by atoms with E-state index in [0.29, 0.717) is 23.8 Å². The highest BCUT2D eigenvalue weighted by Crippen LogP contribution is 2.29. The molecule has 4 rings (SSSR count). The number of carbonyl (C=O) groups is 1. The summed E-state index contributed by atoms with van der Waals surface area (Å²) in [5, 5.41) is 6.31. The molecule has 0 bridgehead atoms. The molecule has 2 aliphatic rings. The number of hydrogen-bond donors (Lipinski definition) is 2. The molecule has 1 heterocycles. The summed E-state index contributed by atoms with van der Waals surface area (Å²) in [6, 6.07) is 10.2. The first kappa shape index (κ1) is 22.1. The quantitative estimate of drug-likeness (QED) is 0.666. The van der Waals surface area contributed by atoms with Gasteiger partial charge in [0.25, 0.3) is 0 Å². The zero-order chi connectivity index (χ0) is 22.0. The van der Waals surface area contributed by atoms with Crippen LogP contribution in [0.3, 0.4) is 0 Å². The van der Waals surface area contributed by atoms with Crippen molar-refractivity contribution in [1.29, 1.82) is 0 Å². The normalized spacial score (nSPS) is 17.7. The molecule has 31 heavy (non-hydrogen) atoms. The predicted octanol–water partition coefficient (Wildman–Crippen LogP) is 4.44. The van der Waals surface area contributed by atoms with Crippen molar-refractivity contribution < 1.29 is 13.2 Å². The van der Waals surface area contributed by atoms with Crippen molar-refractivity contribution in [3.8, 4) is 0 Å². The number of rotatable bonds is 6. The van der Waals surface area contributed by atoms with E-state index in [9.17, 15) is 13.2 Å². The fourth-order valence-electron chi connectivity index (χ4n) is 4.23. The van der Waals surface area contributed by atoms with Crippen molar-refractivity contribution in [3.05, 3.63) is 52.5 Å². The van der Waals surface area contributed by atoms with E-state index in [4.69, 9.17) is 11.6 Å². The molecule has 2 aromatic rings. The third-order valence-corrected chi connectivity index (χ3v) is 8.25. The predicted molar refractivity (Wildman–Crippen MR) is 124 cm³/mol. The van der Waals surface area contributed by atoms with Gasteiger partial charge in [0.05, 0.1) is 15.6 Å². The third-order valence-electron chi connectivity index (χ3n) is 6.02. The van der Waals surface area contributed by atoms with Gasteiger partial charge in [-0.05, 0) is 80.5 Å². The summed E-state index contributed by atoms with van der Waals surface area (Å²) in [6.07, 6.45) is 6.12. The van der Waals surface area contributed by atoms with E-state index in [2.05, 4.69) is 22.8 Å². The van der Waals surface area contributed by atoms with Crippen molar-refractivity contribution in [3.63, 3.8) is 0 Å². The molecule has 0 saturated carbocycles. The maximum Gasteiger partial charge on any atom is 0.246 e. The number of hydrogen-bond acceptors (Lipinski definition) is 4. The Kier molecular flexibility index (Phi) is 6.55. The topological polar surface area (TPSA) is 78.5 Å². The number of fused-ring (bicyclic) bond motifs is 1. The Morgan fingerprint density at radius 3 is 2.52 bits per heavy atom. The molecule has 2 N–H and O–H groups in total. The van der Waals surface area contributed by atoms with Crippen LogP contribution in [0.1, 0.15) is 43.7 Å². The lowest BCUT2D eigenvalue weighted by atomic mass is 10.1. The van der Waals surface area contributed by atoms with E-state index in [-0.39, 0.29) is 10.8 Å². The summed E-state index contributed by atoms with van der Waals surface area (Å²) in [7, 11) is -3.60. The van der Waals surface area contributed by atoms with Gasteiger partial charge in [-0.15, -0.1) is 0 Å². The summed E-state index contributed by atoms with van der Waals surface area (Å²) < 4.78 is 27.4. The molecule has 2 aromatic carbocycles. The van der Waals surface area contributed by atoms with Crippen molar-refractivity contribution in [1.82, 2.24) is 4.31 Å². The molecule has 6 nitrogen and oxygen atoms in total. The zero-order valence-electron chi connectivity index (χ0n) is 17.7. The van der Waals surface area contributed by atoms with Gasteiger partial charge in [0.15, 0.2) is 0 Å². The number of aryl methyl sites for hydroxylation is 2. The lowest BCUT2D eigenvalue weighted by Crippen LogP contribution is -2.35. The maximum absolute atomic E-state index is 13.0. The Morgan fingerprint density at radius 2 is 1.74 bits per heavy atom. The number of nitrogens with zero attached hydrogens (tertiary/aromatic N) is 1. The van der Waals surface area contributed by atoms with E-state index in [1.54, 1.807) is 6.92 Å². The van der Waals surface area contributed by atoms with E-state index >= 15 is 0 Å². The Bertz CT molecular complexity index is 1080. The molecule has 166 valence electrons. The fraction of sp³-hybridized carbons (Fsp3) is 0.435. The number of halogens is 1. The maximum atomic E-state index is 13.0. The Morgan fingerprint density at radius 1 is 1.00 bits per heavy atom. The van der Waals surface area contributed by atoms with Gasteiger partial charge in [-0.2, -0.15) is 4.31 Å². The van der Waals surface area contributed by atoms with Crippen LogP contribution in [0.25, 0.3) is 0 Å². The Balaban J connectivity index is 1.46. The van der Waals surface area contributed by atoms with Crippen LogP contribution in [0, 0.1) is 0 Å². The van der Waals surface area contributed by atoms with Gasteiger partial charge in [0, 0.05) is 18.8 Å². The second-order valence-corrected chi connectivity index (χ2v) is 10.6. The van der Waals surface area contributed by atoms with Crippen LogP contribution < -0.4 is 10.6 Å². The molecule has 0 aromatic heterocycles. The van der Waals surface area contributed by atoms with Crippen LogP contribution >= 0.6 is 11.6 Å². The summed E-state index contributed by atoms with van der Waals surface area (Å²) in [5.74, 6) is -0.282. The highest BCUT2D eigenvalue weighted by Gasteiger charge is 2.27. The van der Waals surface area contributed by atoms with Gasteiger partial charge in [-0.1, -0.05) is 24.1 Å². The number of sulfonamides is 1. The molecule has 1 amide bonds. The van der Waals surface area contributed by atoms with Crippen molar-refractivity contribution in [2.75, 3.05) is 23.7 Å². The largest absolute Gasteiger partial charge is 0.374 e. The van der Waals surface area contributed by atoms with Gasteiger partial charge < -0.3 is 10.6 Å². The minimum atomic E-state index is -3.60. The number of anilines is 2. The van der Waals surface area contributed by atoms with Gasteiger partial charge in [0.2, 0.25) is 15.9 Å². The third kappa shape index (κ3) is 4.89. The van der Waals surface area contributed by atoms with Crippen molar-refractivity contribution >= 4 is 38.9 Å². The molecular weight excluding hydrogens is 434 g/mol. The fourth-order valence-corrected chi connectivity index (χ4v) is 5.94. The molecule has 0 radical (unpaired) electrons. The Hall–Kier alpha value is -2.09. The average molecular weight is 462 g/mol. The van der Waals surface area contributed by atoms with Crippen molar-refractivity contribution in [2.45, 2.75) is 56.4 Å². The molecule has 1 aliphatic heterocycles. The van der Waals surface area contributed by atoms with Gasteiger partial charge in [-0.3, -0.25) is 4.79 Å². The second kappa shape index (κ2) is 9.18. The zero-order valence-corrected chi connectivity index (χ0v) is 19.2. The average Bonchev–Trinajstić information content (AvgIpc) is 3.23. The second-order valence-electron chi connectivity index (χ2n) is 8.30. The number of carbonyl (C=O) groups excluding carboxylic acids is 1. The minimum Gasteiger partial charge on any atom is -0.374 e. The van der Waals surface area contributed by atoms with Gasteiger partial charge >= 0.3 is 0 Å². The SMILES string of the molecule is C[C@@H](Nc1ccc2c(c1)CCC2)C(=O)Nc1cc(S(=O)(=O)N2CCCCC2)ccc1Cl. The highest BCUT2D eigenvalue weighted by atomic mass is 35.5. The van der Waals surface area contributed by atoms with Crippen LogP contribution in [0.15, 0.2) is 41.3 Å². The smallest absolute Gasteiger partial charge is 0.246 e. The molecule has 1 atom stereocenters. The van der Waals surface area contributed by atoms with Crippen LogP contribution in [-0.2, 0) is 27.7 Å². The molecule has 0 spiro atoms. The number of benzene rings is 2. The minimum absolute atomic E-state index is 0.147. The number of amides is 1. The van der Waals surface area contributed by atoms with Crippen LogP contribution in [0.5, 0.6) is 0 Å². The van der Waals surface area contributed by atoms with Gasteiger partial charge in [0.1, 0.15) is 6.04 Å². The highest BCUT2D eigenvalue weighted by molar-refractivity contribution is 7.89. The van der Waals surface area contributed by atoms with E-state index in [1.165, 1.54) is 40.1 Å². The lowest BCUT2D eigenvalue weighted by molar-refractivity contribution is -0.116. The van der Waals surface area contributed by atoms with Gasteiger partial charge in [-0.25, -0.2) is 8.42 Å². The first-order valence-corrected chi connectivity index (χ1v) is 12.7. The molecule has 1 fully saturated rings. The number of piperidine rings is 1. The standard InChI is InChI=1S/C23H28ClN3O3S/c1-16(25-19-9-8-17-6-5-7-18(17)14-19)23(28)26-22-15-20(10-11-21(22)24)31(29,30)27-12-3-2-4-13-27/h8-11,14-16,25H,2-7,12-13H2,1H3,(H,26,28)/t16-/m1/s1. The monoisotopic (exact) mass is 461 g/mol. The summed E-state index contributed by atoms with van der Waals surface area (Å²) >= 11 is 6.26. The van der Waals surface area contributed by atoms with E-state index in [1.807, 2.05) is 6.07 Å². The molecule has 8 heteroatoms. The van der Waals surface area contributed by atoms with E-state index in [0.717, 1.165) is 37.8 Å². The first-order valence-electron chi connectivity index (χ1n) is 10.8. The Labute approximate surface area is 189 Å². The first-order chi connectivity index (χ1) is 14.8. The van der Waals surface area contributed by atoms with Crippen LogP contribution in [0.4, 0.5) is 11.4 Å². The summed E-state index contributed by atoms with van der Waals surface area (Å²) in [5.41, 5.74) is 3.90. The molecule has 1 saturated heterocycles. The van der Waals surface area contributed by atoms with Crippen molar-refractivity contribution in [2.24, 2.45) is 0 Å². The van der Waals surface area contributed by atoms with Crippen LogP contribution in [-0.4, -0.2) is 37.8 Å². The van der Waals surface area contributed by atoms with Crippen LogP contribution in [0.2, 0.25) is 5.02 Å². The lowest BCUT2D eigenvalue weighted by Gasteiger charge is -2.26. The van der Waals surface area contributed by atoms with E-state index < -0.39 is 16.1 Å². The molecule has 0 unspecified atom stereocenters.